The summed E-state index contributed by atoms with van der Waals surface area (Å²) in [5.41, 5.74) is 0.991. The number of aliphatic hydroxyl groups excluding tert-OH is 1. The second-order valence-electron chi connectivity index (χ2n) is 7.24. The number of nitrogens with one attached hydrogen (secondary N) is 1. The first-order chi connectivity index (χ1) is 14.0. The second-order valence-corrected chi connectivity index (χ2v) is 11.5. The molecule has 1 fully saturated rings. The van der Waals surface area contributed by atoms with Gasteiger partial charge in [0.25, 0.3) is 10.0 Å². The van der Waals surface area contributed by atoms with Crippen LogP contribution in [-0.4, -0.2) is 59.5 Å². The molecule has 164 valence electrons. The van der Waals surface area contributed by atoms with E-state index in [0.29, 0.717) is 42.3 Å². The molecule has 2 N–H and O–H groups in total. The van der Waals surface area contributed by atoms with Gasteiger partial charge in [-0.2, -0.15) is 0 Å². The molecule has 0 aliphatic carbocycles. The van der Waals surface area contributed by atoms with E-state index in [-0.39, 0.29) is 15.9 Å². The number of piperidine rings is 1. The lowest BCUT2D eigenvalue weighted by molar-refractivity contribution is 0.145. The highest BCUT2D eigenvalue weighted by Crippen LogP contribution is 2.33. The molecule has 1 aliphatic heterocycles. The lowest BCUT2D eigenvalue weighted by Gasteiger charge is -2.33. The minimum absolute atomic E-state index is 0.00164. The van der Waals surface area contributed by atoms with Gasteiger partial charge in [-0.15, -0.1) is 0 Å². The third-order valence-electron chi connectivity index (χ3n) is 4.92. The Morgan fingerprint density at radius 1 is 1.00 bits per heavy atom. The van der Waals surface area contributed by atoms with E-state index in [1.165, 1.54) is 44.4 Å². The van der Waals surface area contributed by atoms with E-state index in [4.69, 9.17) is 11.6 Å². The largest absolute Gasteiger partial charge is 0.393 e. The molecule has 1 aliphatic rings. The second kappa shape index (κ2) is 8.72. The Bertz CT molecular complexity index is 1110. The van der Waals surface area contributed by atoms with E-state index in [1.54, 1.807) is 12.1 Å². The Kier molecular flexibility index (Phi) is 6.63. The standard InChI is InChI=1S/C19H24ClN3O5S2/c1-22(2)30(27,28)17-6-4-16(5-7-17)29(25,26)21-18-13-14(20)3-8-19(18)23-11-9-15(24)10-12-23/h3-8,13,15,21,24H,9-12H2,1-2H3. The number of rotatable bonds is 6. The number of hydrogen-bond acceptors (Lipinski definition) is 6. The average Bonchev–Trinajstić information content (AvgIpc) is 2.69. The number of benzene rings is 2. The fourth-order valence-corrected chi connectivity index (χ4v) is 5.32. The van der Waals surface area contributed by atoms with E-state index in [9.17, 15) is 21.9 Å². The fourth-order valence-electron chi connectivity index (χ4n) is 3.18. The highest BCUT2D eigenvalue weighted by Gasteiger charge is 2.23. The molecule has 1 heterocycles. The molecule has 0 atom stereocenters. The SMILES string of the molecule is CN(C)S(=O)(=O)c1ccc(S(=O)(=O)Nc2cc(Cl)ccc2N2CCC(O)CC2)cc1. The van der Waals surface area contributed by atoms with Gasteiger partial charge in [0.05, 0.1) is 27.3 Å². The molecule has 0 amide bonds. The number of anilines is 2. The van der Waals surface area contributed by atoms with Gasteiger partial charge in [-0.25, -0.2) is 21.1 Å². The van der Waals surface area contributed by atoms with Crippen LogP contribution in [0.15, 0.2) is 52.3 Å². The minimum atomic E-state index is -3.98. The van der Waals surface area contributed by atoms with Crippen LogP contribution in [-0.2, 0) is 20.0 Å². The maximum absolute atomic E-state index is 12.9. The Hall–Kier alpha value is -1.85. The summed E-state index contributed by atoms with van der Waals surface area (Å²) < 4.78 is 53.8. The zero-order valence-corrected chi connectivity index (χ0v) is 19.0. The van der Waals surface area contributed by atoms with E-state index < -0.39 is 20.0 Å². The predicted octanol–water partition coefficient (Wildman–Crippen LogP) is 2.35. The first-order valence-electron chi connectivity index (χ1n) is 9.29. The van der Waals surface area contributed by atoms with Crippen LogP contribution in [0.5, 0.6) is 0 Å². The number of aliphatic hydroxyl groups is 1. The van der Waals surface area contributed by atoms with Crippen LogP contribution in [0.4, 0.5) is 11.4 Å². The molecule has 0 saturated carbocycles. The summed E-state index contributed by atoms with van der Waals surface area (Å²) in [5, 5.41) is 10.1. The summed E-state index contributed by atoms with van der Waals surface area (Å²) in [4.78, 5) is 1.93. The predicted molar refractivity (Wildman–Crippen MR) is 117 cm³/mol. The molecule has 0 radical (unpaired) electrons. The van der Waals surface area contributed by atoms with Crippen LogP contribution in [0, 0.1) is 0 Å². The summed E-state index contributed by atoms with van der Waals surface area (Å²) in [6, 6.07) is 9.97. The lowest BCUT2D eigenvalue weighted by Crippen LogP contribution is -2.36. The average molecular weight is 474 g/mol. The van der Waals surface area contributed by atoms with Gasteiger partial charge in [-0.3, -0.25) is 4.72 Å². The Morgan fingerprint density at radius 3 is 2.13 bits per heavy atom. The van der Waals surface area contributed by atoms with E-state index in [1.807, 2.05) is 4.90 Å². The normalized spacial score (nSPS) is 16.1. The van der Waals surface area contributed by atoms with Gasteiger partial charge >= 0.3 is 0 Å². The topological polar surface area (TPSA) is 107 Å². The molecule has 0 unspecified atom stereocenters. The van der Waals surface area contributed by atoms with Gasteiger partial charge in [-0.1, -0.05) is 11.6 Å². The molecular weight excluding hydrogens is 450 g/mol. The van der Waals surface area contributed by atoms with E-state index in [0.717, 1.165) is 4.31 Å². The van der Waals surface area contributed by atoms with Crippen molar-refractivity contribution < 1.29 is 21.9 Å². The molecule has 0 spiro atoms. The molecule has 2 aromatic carbocycles. The van der Waals surface area contributed by atoms with Crippen LogP contribution in [0.1, 0.15) is 12.8 Å². The number of sulfonamides is 2. The molecule has 11 heteroatoms. The van der Waals surface area contributed by atoms with Crippen LogP contribution in [0.2, 0.25) is 5.02 Å². The van der Waals surface area contributed by atoms with Crippen LogP contribution < -0.4 is 9.62 Å². The molecule has 0 aromatic heterocycles. The Balaban J connectivity index is 1.89. The zero-order chi connectivity index (χ0) is 22.1. The third kappa shape index (κ3) is 4.89. The first-order valence-corrected chi connectivity index (χ1v) is 12.6. The molecular formula is C19H24ClN3O5S2. The fraction of sp³-hybridized carbons (Fsp3) is 0.368. The van der Waals surface area contributed by atoms with Gasteiger partial charge in [-0.05, 0) is 55.3 Å². The van der Waals surface area contributed by atoms with Crippen molar-refractivity contribution >= 4 is 43.0 Å². The maximum Gasteiger partial charge on any atom is 0.261 e. The Morgan fingerprint density at radius 2 is 1.57 bits per heavy atom. The van der Waals surface area contributed by atoms with Crippen molar-refractivity contribution in [3.05, 3.63) is 47.5 Å². The summed E-state index contributed by atoms with van der Waals surface area (Å²) in [7, 11) is -4.82. The molecule has 0 bridgehead atoms. The van der Waals surface area contributed by atoms with Crippen LogP contribution in [0.3, 0.4) is 0 Å². The van der Waals surface area contributed by atoms with E-state index >= 15 is 0 Å². The van der Waals surface area contributed by atoms with Crippen molar-refractivity contribution in [1.29, 1.82) is 0 Å². The van der Waals surface area contributed by atoms with Gasteiger partial charge in [0, 0.05) is 32.2 Å². The van der Waals surface area contributed by atoms with Crippen molar-refractivity contribution in [3.63, 3.8) is 0 Å². The molecule has 1 saturated heterocycles. The van der Waals surface area contributed by atoms with Crippen molar-refractivity contribution in [2.75, 3.05) is 36.8 Å². The van der Waals surface area contributed by atoms with Gasteiger partial charge in [0.2, 0.25) is 10.0 Å². The van der Waals surface area contributed by atoms with E-state index in [2.05, 4.69) is 4.72 Å². The summed E-state index contributed by atoms with van der Waals surface area (Å²) in [5.74, 6) is 0. The number of nitrogens with zero attached hydrogens (tertiary/aromatic N) is 2. The van der Waals surface area contributed by atoms with Crippen molar-refractivity contribution in [1.82, 2.24) is 4.31 Å². The summed E-state index contributed by atoms with van der Waals surface area (Å²) in [6.45, 7) is 1.18. The van der Waals surface area contributed by atoms with Crippen LogP contribution >= 0.6 is 11.6 Å². The molecule has 30 heavy (non-hydrogen) atoms. The van der Waals surface area contributed by atoms with Crippen molar-refractivity contribution in [2.45, 2.75) is 28.7 Å². The smallest absolute Gasteiger partial charge is 0.261 e. The lowest BCUT2D eigenvalue weighted by atomic mass is 10.1. The Labute approximate surface area is 182 Å². The van der Waals surface area contributed by atoms with Crippen molar-refractivity contribution in [2.24, 2.45) is 0 Å². The highest BCUT2D eigenvalue weighted by atomic mass is 35.5. The molecule has 3 rings (SSSR count). The quantitative estimate of drug-likeness (QED) is 0.666. The molecule has 8 nitrogen and oxygen atoms in total. The zero-order valence-electron chi connectivity index (χ0n) is 16.6. The highest BCUT2D eigenvalue weighted by molar-refractivity contribution is 7.92. The summed E-state index contributed by atoms with van der Waals surface area (Å²) >= 11 is 6.09. The van der Waals surface area contributed by atoms with Crippen molar-refractivity contribution in [3.8, 4) is 0 Å². The third-order valence-corrected chi connectivity index (χ3v) is 8.37. The summed E-state index contributed by atoms with van der Waals surface area (Å²) in [6.07, 6.45) is 0.832. The monoisotopic (exact) mass is 473 g/mol. The first kappa shape index (κ1) is 22.8. The number of halogens is 1. The van der Waals surface area contributed by atoms with Gasteiger partial charge in [0.15, 0.2) is 0 Å². The van der Waals surface area contributed by atoms with Crippen LogP contribution in [0.25, 0.3) is 0 Å². The van der Waals surface area contributed by atoms with Gasteiger partial charge < -0.3 is 10.0 Å². The molecule has 2 aromatic rings. The maximum atomic E-state index is 12.9. The van der Waals surface area contributed by atoms with Gasteiger partial charge in [0.1, 0.15) is 0 Å². The number of hydrogen-bond donors (Lipinski definition) is 2. The minimum Gasteiger partial charge on any atom is -0.393 e.